The number of esters is 1. The molecule has 0 aromatic carbocycles. The number of methoxy groups -OCH3 is 1. The van der Waals surface area contributed by atoms with Gasteiger partial charge in [0, 0.05) is 6.20 Å². The van der Waals surface area contributed by atoms with Gasteiger partial charge >= 0.3 is 5.97 Å². The monoisotopic (exact) mass is 221 g/mol. The number of nitrogens with one attached hydrogen (secondary N) is 1. The summed E-state index contributed by atoms with van der Waals surface area (Å²) in [5.74, 6) is -0.579. The summed E-state index contributed by atoms with van der Waals surface area (Å²) in [5.41, 5.74) is 0.422. The Balaban J connectivity index is 2.63. The lowest BCUT2D eigenvalue weighted by atomic mass is 10.2. The number of rotatable bonds is 2. The normalized spacial score (nSPS) is 10.3. The summed E-state index contributed by atoms with van der Waals surface area (Å²) in [7, 11) is 1.23. The molecule has 0 spiro atoms. The lowest BCUT2D eigenvalue weighted by Gasteiger charge is -1.97. The van der Waals surface area contributed by atoms with E-state index in [1.165, 1.54) is 25.6 Å². The second-order valence-electron chi connectivity index (χ2n) is 3.04. The van der Waals surface area contributed by atoms with Crippen LogP contribution >= 0.6 is 0 Å². The number of pyridine rings is 1. The third-order valence-corrected chi connectivity index (χ3v) is 2.13. The first-order chi connectivity index (χ1) is 7.63. The van der Waals surface area contributed by atoms with Crippen molar-refractivity contribution in [3.63, 3.8) is 0 Å². The van der Waals surface area contributed by atoms with E-state index in [1.807, 2.05) is 0 Å². The Bertz CT molecular complexity index is 575. The molecule has 7 nitrogen and oxygen atoms in total. The van der Waals surface area contributed by atoms with Crippen molar-refractivity contribution in [2.24, 2.45) is 0 Å². The number of carbonyl (C=O) groups is 1. The van der Waals surface area contributed by atoms with Crippen LogP contribution in [-0.2, 0) is 4.74 Å². The quantitative estimate of drug-likeness (QED) is 0.467. The lowest BCUT2D eigenvalue weighted by molar-refractivity contribution is -0.383. The molecule has 0 aliphatic carbocycles. The minimum atomic E-state index is -0.579. The molecule has 2 aromatic heterocycles. The Kier molecular flexibility index (Phi) is 2.28. The number of H-pyrrole nitrogens is 1. The summed E-state index contributed by atoms with van der Waals surface area (Å²) < 4.78 is 4.50. The molecular formula is C9H7N3O4. The Morgan fingerprint density at radius 1 is 1.62 bits per heavy atom. The van der Waals surface area contributed by atoms with Crippen LogP contribution in [0.15, 0.2) is 18.5 Å². The van der Waals surface area contributed by atoms with Gasteiger partial charge in [-0.15, -0.1) is 0 Å². The number of fused-ring (bicyclic) bond motifs is 1. The van der Waals surface area contributed by atoms with Crippen molar-refractivity contribution in [2.75, 3.05) is 7.11 Å². The lowest BCUT2D eigenvalue weighted by Crippen LogP contribution is -2.01. The fourth-order valence-corrected chi connectivity index (χ4v) is 1.37. The van der Waals surface area contributed by atoms with E-state index in [9.17, 15) is 14.9 Å². The van der Waals surface area contributed by atoms with Gasteiger partial charge in [-0.05, 0) is 6.07 Å². The fourth-order valence-electron chi connectivity index (χ4n) is 1.37. The maximum absolute atomic E-state index is 11.2. The summed E-state index contributed by atoms with van der Waals surface area (Å²) in [6, 6.07) is 1.38. The predicted octanol–water partition coefficient (Wildman–Crippen LogP) is 1.26. The van der Waals surface area contributed by atoms with E-state index in [1.54, 1.807) is 0 Å². The molecule has 82 valence electrons. The van der Waals surface area contributed by atoms with Crippen molar-refractivity contribution < 1.29 is 14.5 Å². The molecule has 1 N–H and O–H groups in total. The Hall–Kier alpha value is -2.44. The molecule has 0 aliphatic rings. The van der Waals surface area contributed by atoms with Gasteiger partial charge in [0.2, 0.25) is 0 Å². The highest BCUT2D eigenvalue weighted by atomic mass is 16.6. The molecule has 0 bridgehead atoms. The van der Waals surface area contributed by atoms with Crippen LogP contribution in [0.3, 0.4) is 0 Å². The van der Waals surface area contributed by atoms with Crippen LogP contribution in [0.25, 0.3) is 11.0 Å². The standard InChI is InChI=1S/C9H7N3O4/c1-16-9(13)5-2-6-7(12(14)15)4-11-8(6)10-3-5/h2-4H,1H3,(H,10,11). The third-order valence-electron chi connectivity index (χ3n) is 2.13. The first-order valence-corrected chi connectivity index (χ1v) is 4.33. The number of hydrogen-bond donors (Lipinski definition) is 1. The van der Waals surface area contributed by atoms with Gasteiger partial charge < -0.3 is 9.72 Å². The topological polar surface area (TPSA) is 98.1 Å². The smallest absolute Gasteiger partial charge is 0.339 e. The van der Waals surface area contributed by atoms with Gasteiger partial charge in [-0.3, -0.25) is 10.1 Å². The van der Waals surface area contributed by atoms with Crippen LogP contribution < -0.4 is 0 Å². The maximum atomic E-state index is 11.2. The van der Waals surface area contributed by atoms with Crippen LogP contribution in [-0.4, -0.2) is 28.0 Å². The highest BCUT2D eigenvalue weighted by Crippen LogP contribution is 2.24. The molecule has 0 amide bonds. The second kappa shape index (κ2) is 3.61. The molecule has 0 atom stereocenters. The predicted molar refractivity (Wildman–Crippen MR) is 54.1 cm³/mol. The number of ether oxygens (including phenoxy) is 1. The van der Waals surface area contributed by atoms with E-state index in [-0.39, 0.29) is 16.6 Å². The fraction of sp³-hybridized carbons (Fsp3) is 0.111. The average molecular weight is 221 g/mol. The van der Waals surface area contributed by atoms with Crippen molar-refractivity contribution in [3.05, 3.63) is 34.1 Å². The van der Waals surface area contributed by atoms with E-state index in [0.717, 1.165) is 0 Å². The van der Waals surface area contributed by atoms with Crippen molar-refractivity contribution >= 4 is 22.7 Å². The van der Waals surface area contributed by atoms with Gasteiger partial charge in [0.05, 0.1) is 29.2 Å². The molecule has 0 radical (unpaired) electrons. The molecule has 0 unspecified atom stereocenters. The van der Waals surface area contributed by atoms with Gasteiger partial charge in [0.15, 0.2) is 0 Å². The molecule has 2 heterocycles. The first-order valence-electron chi connectivity index (χ1n) is 4.33. The van der Waals surface area contributed by atoms with Gasteiger partial charge in [0.25, 0.3) is 5.69 Å². The molecule has 2 rings (SSSR count). The van der Waals surface area contributed by atoms with Gasteiger partial charge in [-0.25, -0.2) is 9.78 Å². The molecule has 0 fully saturated rings. The Morgan fingerprint density at radius 3 is 3.00 bits per heavy atom. The van der Waals surface area contributed by atoms with Crippen LogP contribution in [0.1, 0.15) is 10.4 Å². The van der Waals surface area contributed by atoms with Crippen LogP contribution in [0, 0.1) is 10.1 Å². The average Bonchev–Trinajstić information content (AvgIpc) is 2.70. The number of hydrogen-bond acceptors (Lipinski definition) is 5. The van der Waals surface area contributed by atoms with E-state index in [2.05, 4.69) is 14.7 Å². The SMILES string of the molecule is COC(=O)c1cnc2[nH]cc([N+](=O)[O-])c2c1. The van der Waals surface area contributed by atoms with Crippen molar-refractivity contribution in [2.45, 2.75) is 0 Å². The number of nitro groups is 1. The number of carbonyl (C=O) groups excluding carboxylic acids is 1. The molecule has 7 heteroatoms. The molecule has 2 aromatic rings. The highest BCUT2D eigenvalue weighted by Gasteiger charge is 2.17. The maximum Gasteiger partial charge on any atom is 0.339 e. The van der Waals surface area contributed by atoms with E-state index in [4.69, 9.17) is 0 Å². The molecular weight excluding hydrogens is 214 g/mol. The summed E-state index contributed by atoms with van der Waals surface area (Å²) in [6.07, 6.45) is 2.53. The van der Waals surface area contributed by atoms with Crippen molar-refractivity contribution in [1.82, 2.24) is 9.97 Å². The van der Waals surface area contributed by atoms with Crippen LogP contribution in [0.4, 0.5) is 5.69 Å². The zero-order valence-corrected chi connectivity index (χ0v) is 8.26. The van der Waals surface area contributed by atoms with Gasteiger partial charge in [-0.2, -0.15) is 0 Å². The minimum Gasteiger partial charge on any atom is -0.465 e. The van der Waals surface area contributed by atoms with Crippen molar-refractivity contribution in [3.8, 4) is 0 Å². The van der Waals surface area contributed by atoms with Gasteiger partial charge in [0.1, 0.15) is 5.65 Å². The van der Waals surface area contributed by atoms with Gasteiger partial charge in [-0.1, -0.05) is 0 Å². The Labute approximate surface area is 89.2 Å². The Morgan fingerprint density at radius 2 is 2.38 bits per heavy atom. The summed E-state index contributed by atoms with van der Waals surface area (Å²) >= 11 is 0. The van der Waals surface area contributed by atoms with E-state index < -0.39 is 10.9 Å². The molecule has 0 aliphatic heterocycles. The summed E-state index contributed by atoms with van der Waals surface area (Å²) in [5, 5.41) is 11.0. The molecule has 0 saturated carbocycles. The zero-order chi connectivity index (χ0) is 11.7. The highest BCUT2D eigenvalue weighted by molar-refractivity contribution is 5.95. The number of nitrogens with zero attached hydrogens (tertiary/aromatic N) is 2. The van der Waals surface area contributed by atoms with Crippen molar-refractivity contribution in [1.29, 1.82) is 0 Å². The third kappa shape index (κ3) is 1.48. The second-order valence-corrected chi connectivity index (χ2v) is 3.04. The van der Waals surface area contributed by atoms with E-state index in [0.29, 0.717) is 5.65 Å². The van der Waals surface area contributed by atoms with Crippen LogP contribution in [0.2, 0.25) is 0 Å². The molecule has 0 saturated heterocycles. The summed E-state index contributed by atoms with van der Waals surface area (Å²) in [4.78, 5) is 27.9. The molecule has 16 heavy (non-hydrogen) atoms. The zero-order valence-electron chi connectivity index (χ0n) is 8.26. The largest absolute Gasteiger partial charge is 0.465 e. The van der Waals surface area contributed by atoms with E-state index >= 15 is 0 Å². The number of aromatic nitrogens is 2. The minimum absolute atomic E-state index is 0.117. The first kappa shape index (κ1) is 10.1. The van der Waals surface area contributed by atoms with Crippen LogP contribution in [0.5, 0.6) is 0 Å². The summed E-state index contributed by atoms with van der Waals surface area (Å²) in [6.45, 7) is 0. The number of aromatic amines is 1.